The van der Waals surface area contributed by atoms with Crippen molar-refractivity contribution in [2.24, 2.45) is 34.5 Å². The molecule has 22 heavy (non-hydrogen) atoms. The van der Waals surface area contributed by atoms with Crippen molar-refractivity contribution in [3.05, 3.63) is 11.6 Å². The van der Waals surface area contributed by atoms with E-state index in [-0.39, 0.29) is 0 Å². The highest BCUT2D eigenvalue weighted by atomic mass is 16.5. The van der Waals surface area contributed by atoms with Crippen molar-refractivity contribution in [3.8, 4) is 0 Å². The average molecular weight is 303 g/mol. The Hall–Kier alpha value is -0.300. The molecule has 0 aromatic rings. The Balaban J connectivity index is 1.64. The summed E-state index contributed by atoms with van der Waals surface area (Å²) in [6.07, 6.45) is 14.3. The lowest BCUT2D eigenvalue weighted by atomic mass is 9.47. The van der Waals surface area contributed by atoms with Crippen molar-refractivity contribution in [1.29, 1.82) is 0 Å². The van der Waals surface area contributed by atoms with Crippen molar-refractivity contribution in [2.75, 3.05) is 7.11 Å². The molecule has 1 nitrogen and oxygen atoms in total. The fraction of sp³-hybridized carbons (Fsp3) is 0.905. The molecule has 0 aliphatic heterocycles. The first-order valence-corrected chi connectivity index (χ1v) is 9.71. The van der Waals surface area contributed by atoms with Gasteiger partial charge in [-0.05, 0) is 85.9 Å². The SMILES string of the molecule is COC1CCC2(C)C(=CCC3C2CCC2(C)C(C)CCC32)C1. The third-order valence-corrected chi connectivity index (χ3v) is 8.87. The first-order chi connectivity index (χ1) is 10.5. The van der Waals surface area contributed by atoms with Gasteiger partial charge in [0, 0.05) is 7.11 Å². The standard InChI is InChI=1S/C21H34O/c1-14-5-8-18-17-7-6-15-13-16(22-4)9-11-21(15,3)19(17)10-12-20(14,18)2/h6,14,16-19H,5,7-13H2,1-4H3. The summed E-state index contributed by atoms with van der Waals surface area (Å²) in [4.78, 5) is 0. The second kappa shape index (κ2) is 5.10. The Morgan fingerprint density at radius 3 is 2.64 bits per heavy atom. The van der Waals surface area contributed by atoms with Crippen LogP contribution in [-0.2, 0) is 4.74 Å². The minimum Gasteiger partial charge on any atom is -0.381 e. The molecule has 0 amide bonds. The predicted octanol–water partition coefficient (Wildman–Crippen LogP) is 5.60. The smallest absolute Gasteiger partial charge is 0.0608 e. The van der Waals surface area contributed by atoms with Gasteiger partial charge in [-0.15, -0.1) is 0 Å². The number of methoxy groups -OCH3 is 1. The summed E-state index contributed by atoms with van der Waals surface area (Å²) in [6.45, 7) is 7.74. The van der Waals surface area contributed by atoms with Gasteiger partial charge in [-0.3, -0.25) is 0 Å². The largest absolute Gasteiger partial charge is 0.381 e. The molecule has 4 rings (SSSR count). The van der Waals surface area contributed by atoms with Gasteiger partial charge in [0.25, 0.3) is 0 Å². The van der Waals surface area contributed by atoms with E-state index in [0.29, 0.717) is 16.9 Å². The molecule has 0 spiro atoms. The number of allylic oxidation sites excluding steroid dienone is 1. The van der Waals surface area contributed by atoms with Crippen LogP contribution in [-0.4, -0.2) is 13.2 Å². The van der Waals surface area contributed by atoms with E-state index in [1.165, 1.54) is 51.4 Å². The highest BCUT2D eigenvalue weighted by molar-refractivity contribution is 5.25. The van der Waals surface area contributed by atoms with Crippen molar-refractivity contribution < 1.29 is 4.74 Å². The van der Waals surface area contributed by atoms with Crippen LogP contribution in [0.3, 0.4) is 0 Å². The summed E-state index contributed by atoms with van der Waals surface area (Å²) >= 11 is 0. The minimum absolute atomic E-state index is 0.483. The van der Waals surface area contributed by atoms with Gasteiger partial charge in [-0.1, -0.05) is 32.4 Å². The Labute approximate surface area is 136 Å². The Morgan fingerprint density at radius 2 is 1.86 bits per heavy atom. The molecule has 4 aliphatic rings. The van der Waals surface area contributed by atoms with Gasteiger partial charge in [0.1, 0.15) is 0 Å². The lowest BCUT2D eigenvalue weighted by molar-refractivity contribution is -0.0511. The zero-order valence-electron chi connectivity index (χ0n) is 15.0. The fourth-order valence-electron chi connectivity index (χ4n) is 7.09. The average Bonchev–Trinajstić information content (AvgIpc) is 2.82. The molecule has 1 heteroatoms. The molecule has 0 saturated heterocycles. The quantitative estimate of drug-likeness (QED) is 0.573. The van der Waals surface area contributed by atoms with Crippen LogP contribution in [0.1, 0.15) is 72.1 Å². The molecule has 4 aliphatic carbocycles. The van der Waals surface area contributed by atoms with E-state index < -0.39 is 0 Å². The summed E-state index contributed by atoms with van der Waals surface area (Å²) < 4.78 is 5.68. The van der Waals surface area contributed by atoms with Gasteiger partial charge in [0.2, 0.25) is 0 Å². The van der Waals surface area contributed by atoms with E-state index in [1.807, 2.05) is 7.11 Å². The maximum Gasteiger partial charge on any atom is 0.0608 e. The van der Waals surface area contributed by atoms with E-state index >= 15 is 0 Å². The Morgan fingerprint density at radius 1 is 1.05 bits per heavy atom. The van der Waals surface area contributed by atoms with Gasteiger partial charge in [0.15, 0.2) is 0 Å². The van der Waals surface area contributed by atoms with Gasteiger partial charge in [0.05, 0.1) is 6.10 Å². The summed E-state index contributed by atoms with van der Waals surface area (Å²) in [5.74, 6) is 3.86. The minimum atomic E-state index is 0.483. The van der Waals surface area contributed by atoms with Crippen molar-refractivity contribution in [2.45, 2.75) is 78.2 Å². The van der Waals surface area contributed by atoms with Crippen LogP contribution in [0.25, 0.3) is 0 Å². The first kappa shape index (κ1) is 15.2. The second-order valence-corrected chi connectivity index (χ2v) is 9.38. The highest BCUT2D eigenvalue weighted by Crippen LogP contribution is 2.66. The second-order valence-electron chi connectivity index (χ2n) is 9.38. The van der Waals surface area contributed by atoms with Crippen LogP contribution >= 0.6 is 0 Å². The van der Waals surface area contributed by atoms with Gasteiger partial charge in [-0.2, -0.15) is 0 Å². The first-order valence-electron chi connectivity index (χ1n) is 9.71. The zero-order chi connectivity index (χ0) is 15.5. The molecule has 0 N–H and O–H groups in total. The van der Waals surface area contributed by atoms with Crippen LogP contribution in [0.2, 0.25) is 0 Å². The molecule has 124 valence electrons. The number of hydrogen-bond acceptors (Lipinski definition) is 1. The summed E-state index contributed by atoms with van der Waals surface area (Å²) in [5, 5.41) is 0. The van der Waals surface area contributed by atoms with Crippen molar-refractivity contribution in [3.63, 3.8) is 0 Å². The lowest BCUT2D eigenvalue weighted by Gasteiger charge is -2.58. The van der Waals surface area contributed by atoms with Gasteiger partial charge < -0.3 is 4.74 Å². The summed E-state index contributed by atoms with van der Waals surface area (Å²) in [5.41, 5.74) is 2.89. The summed E-state index contributed by atoms with van der Waals surface area (Å²) in [7, 11) is 1.89. The maximum atomic E-state index is 5.68. The monoisotopic (exact) mass is 302 g/mol. The van der Waals surface area contributed by atoms with E-state index in [1.54, 1.807) is 5.57 Å². The topological polar surface area (TPSA) is 9.23 Å². The van der Waals surface area contributed by atoms with Crippen molar-refractivity contribution in [1.82, 2.24) is 0 Å². The van der Waals surface area contributed by atoms with Gasteiger partial charge >= 0.3 is 0 Å². The third-order valence-electron chi connectivity index (χ3n) is 8.87. The molecule has 0 radical (unpaired) electrons. The van der Waals surface area contributed by atoms with E-state index in [0.717, 1.165) is 23.7 Å². The molecule has 3 saturated carbocycles. The molecule has 0 bridgehead atoms. The molecule has 7 atom stereocenters. The van der Waals surface area contributed by atoms with Crippen LogP contribution in [0, 0.1) is 34.5 Å². The van der Waals surface area contributed by atoms with Crippen molar-refractivity contribution >= 4 is 0 Å². The van der Waals surface area contributed by atoms with Gasteiger partial charge in [-0.25, -0.2) is 0 Å². The zero-order valence-corrected chi connectivity index (χ0v) is 15.0. The van der Waals surface area contributed by atoms with E-state index in [2.05, 4.69) is 26.8 Å². The molecule has 0 aromatic heterocycles. The molecular weight excluding hydrogens is 268 g/mol. The van der Waals surface area contributed by atoms with Crippen LogP contribution in [0.15, 0.2) is 11.6 Å². The molecule has 3 fully saturated rings. The number of rotatable bonds is 1. The van der Waals surface area contributed by atoms with E-state index in [4.69, 9.17) is 4.74 Å². The predicted molar refractivity (Wildman–Crippen MR) is 91.7 cm³/mol. The number of ether oxygens (including phenoxy) is 1. The van der Waals surface area contributed by atoms with Crippen LogP contribution in [0.4, 0.5) is 0 Å². The number of hydrogen-bond donors (Lipinski definition) is 0. The Bertz CT molecular complexity index is 480. The normalized spacial score (nSPS) is 54.2. The number of fused-ring (bicyclic) bond motifs is 5. The molecule has 7 unspecified atom stereocenters. The summed E-state index contributed by atoms with van der Waals surface area (Å²) in [6, 6.07) is 0. The molecular formula is C21H34O. The van der Waals surface area contributed by atoms with E-state index in [9.17, 15) is 0 Å². The fourth-order valence-corrected chi connectivity index (χ4v) is 7.09. The van der Waals surface area contributed by atoms with Crippen LogP contribution < -0.4 is 0 Å². The lowest BCUT2D eigenvalue weighted by Crippen LogP contribution is -2.50. The highest BCUT2D eigenvalue weighted by Gasteiger charge is 2.57. The maximum absolute atomic E-state index is 5.68. The third kappa shape index (κ3) is 1.93. The molecule has 0 aromatic carbocycles. The van der Waals surface area contributed by atoms with Crippen LogP contribution in [0.5, 0.6) is 0 Å². The Kier molecular flexibility index (Phi) is 3.53. The molecule has 0 heterocycles.